The molecule has 0 N–H and O–H groups in total. The average Bonchev–Trinajstić information content (AvgIpc) is 2.41. The van der Waals surface area contributed by atoms with Crippen LogP contribution in [0.4, 0.5) is 5.69 Å². The fourth-order valence-electron chi connectivity index (χ4n) is 2.05. The lowest BCUT2D eigenvalue weighted by atomic mass is 9.96. The molecule has 1 saturated carbocycles. The van der Waals surface area contributed by atoms with Crippen molar-refractivity contribution in [2.75, 3.05) is 0 Å². The molecule has 2 rings (SSSR count). The molecule has 0 unspecified atom stereocenters. The van der Waals surface area contributed by atoms with Crippen molar-refractivity contribution in [3.05, 3.63) is 38.9 Å². The SMILES string of the molecule is O=C(O[C@H]1CCCCC1=O)c1cc([N+](=O)[O-])ccc1Cl. The number of nitro groups is 1. The Labute approximate surface area is 119 Å². The Balaban J connectivity index is 2.18. The van der Waals surface area contributed by atoms with Crippen LogP contribution in [0, 0.1) is 10.1 Å². The highest BCUT2D eigenvalue weighted by Gasteiger charge is 2.27. The van der Waals surface area contributed by atoms with Gasteiger partial charge in [-0.3, -0.25) is 14.9 Å². The second-order valence-corrected chi connectivity index (χ2v) is 4.93. The summed E-state index contributed by atoms with van der Waals surface area (Å²) >= 11 is 5.84. The fraction of sp³-hybridized carbons (Fsp3) is 0.385. The van der Waals surface area contributed by atoms with Crippen LogP contribution >= 0.6 is 11.6 Å². The number of nitrogens with zero attached hydrogens (tertiary/aromatic N) is 1. The molecule has 7 heteroatoms. The minimum Gasteiger partial charge on any atom is -0.451 e. The maximum absolute atomic E-state index is 12.0. The van der Waals surface area contributed by atoms with Gasteiger partial charge in [-0.15, -0.1) is 0 Å². The van der Waals surface area contributed by atoms with Gasteiger partial charge in [-0.1, -0.05) is 11.6 Å². The molecule has 0 aliphatic heterocycles. The zero-order chi connectivity index (χ0) is 14.7. The standard InChI is InChI=1S/C13H12ClNO5/c14-10-6-5-8(15(18)19)7-9(10)13(17)20-12-4-2-1-3-11(12)16/h5-7,12H,1-4H2/t12-/m0/s1. The second kappa shape index (κ2) is 6.00. The highest BCUT2D eigenvalue weighted by Crippen LogP contribution is 2.25. The molecule has 20 heavy (non-hydrogen) atoms. The molecule has 0 aromatic heterocycles. The van der Waals surface area contributed by atoms with Gasteiger partial charge in [-0.25, -0.2) is 4.79 Å². The molecule has 6 nitrogen and oxygen atoms in total. The molecule has 0 heterocycles. The third-order valence-electron chi connectivity index (χ3n) is 3.13. The second-order valence-electron chi connectivity index (χ2n) is 4.53. The van der Waals surface area contributed by atoms with Crippen LogP contribution in [0.5, 0.6) is 0 Å². The Morgan fingerprint density at radius 1 is 1.40 bits per heavy atom. The van der Waals surface area contributed by atoms with Gasteiger partial charge in [0.25, 0.3) is 5.69 Å². The van der Waals surface area contributed by atoms with Gasteiger partial charge in [-0.2, -0.15) is 0 Å². The monoisotopic (exact) mass is 297 g/mol. The molecule has 1 atom stereocenters. The van der Waals surface area contributed by atoms with E-state index < -0.39 is 17.0 Å². The molecule has 1 aromatic rings. The van der Waals surface area contributed by atoms with Crippen molar-refractivity contribution in [1.29, 1.82) is 0 Å². The smallest absolute Gasteiger partial charge is 0.340 e. The van der Waals surface area contributed by atoms with Gasteiger partial charge in [-0.05, 0) is 25.3 Å². The zero-order valence-electron chi connectivity index (χ0n) is 10.5. The molecule has 1 aromatic carbocycles. The van der Waals surface area contributed by atoms with Crippen LogP contribution in [0.15, 0.2) is 18.2 Å². The molecule has 1 aliphatic rings. The van der Waals surface area contributed by atoms with Crippen molar-refractivity contribution >= 4 is 29.0 Å². The molecule has 0 saturated heterocycles. The van der Waals surface area contributed by atoms with Crippen molar-refractivity contribution in [3.8, 4) is 0 Å². The van der Waals surface area contributed by atoms with E-state index in [-0.39, 0.29) is 22.1 Å². The number of carbonyl (C=O) groups is 2. The van der Waals surface area contributed by atoms with Crippen molar-refractivity contribution in [2.24, 2.45) is 0 Å². The van der Waals surface area contributed by atoms with Gasteiger partial charge in [0.15, 0.2) is 11.9 Å². The molecule has 0 amide bonds. The largest absolute Gasteiger partial charge is 0.451 e. The van der Waals surface area contributed by atoms with Crippen molar-refractivity contribution in [3.63, 3.8) is 0 Å². The van der Waals surface area contributed by atoms with E-state index >= 15 is 0 Å². The number of non-ortho nitro benzene ring substituents is 1. The van der Waals surface area contributed by atoms with Gasteiger partial charge in [0.2, 0.25) is 0 Å². The molecule has 0 spiro atoms. The van der Waals surface area contributed by atoms with Crippen LogP contribution < -0.4 is 0 Å². The highest BCUT2D eigenvalue weighted by molar-refractivity contribution is 6.33. The first kappa shape index (κ1) is 14.5. The molecular formula is C13H12ClNO5. The Morgan fingerprint density at radius 2 is 2.15 bits per heavy atom. The number of ketones is 1. The van der Waals surface area contributed by atoms with E-state index in [0.717, 1.165) is 18.9 Å². The highest BCUT2D eigenvalue weighted by atomic mass is 35.5. The lowest BCUT2D eigenvalue weighted by Crippen LogP contribution is -2.30. The summed E-state index contributed by atoms with van der Waals surface area (Å²) < 4.78 is 5.11. The van der Waals surface area contributed by atoms with E-state index in [2.05, 4.69) is 0 Å². The molecule has 1 aliphatic carbocycles. The number of rotatable bonds is 3. The first-order chi connectivity index (χ1) is 9.49. The van der Waals surface area contributed by atoms with Crippen LogP contribution in [0.25, 0.3) is 0 Å². The quantitative estimate of drug-likeness (QED) is 0.486. The van der Waals surface area contributed by atoms with Crippen LogP contribution in [-0.4, -0.2) is 22.8 Å². The molecule has 0 bridgehead atoms. The van der Waals surface area contributed by atoms with Gasteiger partial charge in [0.05, 0.1) is 15.5 Å². The van der Waals surface area contributed by atoms with Crippen molar-refractivity contribution in [1.82, 2.24) is 0 Å². The van der Waals surface area contributed by atoms with E-state index in [1.807, 2.05) is 0 Å². The summed E-state index contributed by atoms with van der Waals surface area (Å²) in [6, 6.07) is 3.52. The molecular weight excluding hydrogens is 286 g/mol. The van der Waals surface area contributed by atoms with Crippen LogP contribution in [0.3, 0.4) is 0 Å². The summed E-state index contributed by atoms with van der Waals surface area (Å²) in [5, 5.41) is 10.7. The van der Waals surface area contributed by atoms with Gasteiger partial charge in [0, 0.05) is 18.6 Å². The van der Waals surface area contributed by atoms with Crippen LogP contribution in [-0.2, 0) is 9.53 Å². The van der Waals surface area contributed by atoms with Gasteiger partial charge in [0.1, 0.15) is 0 Å². The number of hydrogen-bond acceptors (Lipinski definition) is 5. The van der Waals surface area contributed by atoms with E-state index in [1.54, 1.807) is 0 Å². The van der Waals surface area contributed by atoms with E-state index in [9.17, 15) is 19.7 Å². The minimum atomic E-state index is -0.807. The maximum Gasteiger partial charge on any atom is 0.340 e. The normalized spacial score (nSPS) is 18.6. The third-order valence-corrected chi connectivity index (χ3v) is 3.46. The van der Waals surface area contributed by atoms with Crippen molar-refractivity contribution in [2.45, 2.75) is 31.8 Å². The van der Waals surface area contributed by atoms with Crippen molar-refractivity contribution < 1.29 is 19.2 Å². The van der Waals surface area contributed by atoms with E-state index in [0.29, 0.717) is 12.8 Å². The summed E-state index contributed by atoms with van der Waals surface area (Å²) in [7, 11) is 0. The van der Waals surface area contributed by atoms with E-state index in [1.165, 1.54) is 12.1 Å². The number of nitro benzene ring substituents is 1. The number of ether oxygens (including phenoxy) is 1. The lowest BCUT2D eigenvalue weighted by Gasteiger charge is -2.20. The number of halogens is 1. The number of carbonyl (C=O) groups excluding carboxylic acids is 2. The van der Waals surface area contributed by atoms with Gasteiger partial charge >= 0.3 is 5.97 Å². The summed E-state index contributed by atoms with van der Waals surface area (Å²) in [5.74, 6) is -0.926. The molecule has 0 radical (unpaired) electrons. The van der Waals surface area contributed by atoms with E-state index in [4.69, 9.17) is 16.3 Å². The average molecular weight is 298 g/mol. The lowest BCUT2D eigenvalue weighted by molar-refractivity contribution is -0.384. The Hall–Kier alpha value is -1.95. The fourth-order valence-corrected chi connectivity index (χ4v) is 2.25. The third kappa shape index (κ3) is 3.14. The first-order valence-electron chi connectivity index (χ1n) is 6.16. The first-order valence-corrected chi connectivity index (χ1v) is 6.54. The molecule has 1 fully saturated rings. The minimum absolute atomic E-state index is 0.0591. The Morgan fingerprint density at radius 3 is 2.80 bits per heavy atom. The summed E-state index contributed by atoms with van der Waals surface area (Å²) in [6.07, 6.45) is 1.71. The molecule has 106 valence electrons. The van der Waals surface area contributed by atoms with Crippen LogP contribution in [0.1, 0.15) is 36.0 Å². The number of hydrogen-bond donors (Lipinski definition) is 0. The Bertz CT molecular complexity index is 572. The number of esters is 1. The van der Waals surface area contributed by atoms with Gasteiger partial charge < -0.3 is 4.74 Å². The summed E-state index contributed by atoms with van der Waals surface area (Å²) in [6.45, 7) is 0. The predicted octanol–water partition coefficient (Wildman–Crippen LogP) is 2.92. The number of Topliss-reactive ketones (excluding diaryl/α,β-unsaturated/α-hetero) is 1. The maximum atomic E-state index is 12.0. The zero-order valence-corrected chi connectivity index (χ0v) is 11.3. The number of benzene rings is 1. The summed E-state index contributed by atoms with van der Waals surface area (Å²) in [4.78, 5) is 33.6. The summed E-state index contributed by atoms with van der Waals surface area (Å²) in [5.41, 5.74) is -0.351. The topological polar surface area (TPSA) is 86.5 Å². The van der Waals surface area contributed by atoms with Crippen LogP contribution in [0.2, 0.25) is 5.02 Å². The Kier molecular flexibility index (Phi) is 4.34. The predicted molar refractivity (Wildman–Crippen MR) is 70.8 cm³/mol.